The lowest BCUT2D eigenvalue weighted by Crippen LogP contribution is -2.34. The maximum atomic E-state index is 13.8. The molecule has 0 aromatic carbocycles. The number of ether oxygens (including phenoxy) is 1. The quantitative estimate of drug-likeness (QED) is 0.474. The molecule has 0 amide bonds. The van der Waals surface area contributed by atoms with Crippen molar-refractivity contribution in [3.63, 3.8) is 0 Å². The molecule has 0 heterocycles. The van der Waals surface area contributed by atoms with Crippen molar-refractivity contribution in [1.29, 1.82) is 5.26 Å². The Morgan fingerprint density at radius 1 is 1.31 bits per heavy atom. The second-order valence-corrected chi connectivity index (χ2v) is 3.80. The number of esters is 1. The molecule has 0 fully saturated rings. The number of unbranched alkanes of at least 4 members (excludes halogenated alkanes) is 4. The standard InChI is InChI=1S/C12H20FNO2/c1-3-5-6-7-8-9-12(13,10-14)11(15)16-4-2/h3-9H2,1-2H3. The molecule has 0 aliphatic heterocycles. The van der Waals surface area contributed by atoms with Gasteiger partial charge in [0.15, 0.2) is 0 Å². The largest absolute Gasteiger partial charge is 0.463 e. The molecule has 16 heavy (non-hydrogen) atoms. The maximum Gasteiger partial charge on any atom is 0.358 e. The number of rotatable bonds is 8. The molecule has 4 heteroatoms. The molecule has 0 aromatic heterocycles. The van der Waals surface area contributed by atoms with Crippen LogP contribution >= 0.6 is 0 Å². The van der Waals surface area contributed by atoms with E-state index in [0.717, 1.165) is 25.7 Å². The van der Waals surface area contributed by atoms with E-state index in [1.165, 1.54) is 6.07 Å². The van der Waals surface area contributed by atoms with Crippen molar-refractivity contribution >= 4 is 5.97 Å². The van der Waals surface area contributed by atoms with E-state index in [-0.39, 0.29) is 13.0 Å². The van der Waals surface area contributed by atoms with Crippen molar-refractivity contribution in [1.82, 2.24) is 0 Å². The van der Waals surface area contributed by atoms with Crippen LogP contribution < -0.4 is 0 Å². The third kappa shape index (κ3) is 5.11. The number of nitriles is 1. The molecular weight excluding hydrogens is 209 g/mol. The van der Waals surface area contributed by atoms with Gasteiger partial charge in [-0.25, -0.2) is 9.18 Å². The summed E-state index contributed by atoms with van der Waals surface area (Å²) in [4.78, 5) is 11.2. The highest BCUT2D eigenvalue weighted by Crippen LogP contribution is 2.21. The molecular formula is C12H20FNO2. The first-order chi connectivity index (χ1) is 7.60. The highest BCUT2D eigenvalue weighted by Gasteiger charge is 2.39. The third-order valence-electron chi connectivity index (χ3n) is 2.40. The summed E-state index contributed by atoms with van der Waals surface area (Å²) in [5.41, 5.74) is -2.46. The molecule has 1 unspecified atom stereocenters. The topological polar surface area (TPSA) is 50.1 Å². The molecule has 3 nitrogen and oxygen atoms in total. The van der Waals surface area contributed by atoms with Gasteiger partial charge >= 0.3 is 5.97 Å². The van der Waals surface area contributed by atoms with Gasteiger partial charge in [-0.1, -0.05) is 32.6 Å². The Kier molecular flexibility index (Phi) is 7.53. The summed E-state index contributed by atoms with van der Waals surface area (Å²) in [7, 11) is 0. The van der Waals surface area contributed by atoms with Crippen LogP contribution in [-0.2, 0) is 9.53 Å². The molecule has 0 spiro atoms. The zero-order valence-corrected chi connectivity index (χ0v) is 10.1. The Morgan fingerprint density at radius 3 is 2.44 bits per heavy atom. The lowest BCUT2D eigenvalue weighted by molar-refractivity contribution is -0.153. The minimum Gasteiger partial charge on any atom is -0.463 e. The van der Waals surface area contributed by atoms with Crippen LogP contribution in [0.4, 0.5) is 4.39 Å². The average Bonchev–Trinajstić information content (AvgIpc) is 2.28. The van der Waals surface area contributed by atoms with Gasteiger partial charge in [-0.15, -0.1) is 0 Å². The van der Waals surface area contributed by atoms with Gasteiger partial charge in [0.1, 0.15) is 6.07 Å². The summed E-state index contributed by atoms with van der Waals surface area (Å²) in [6.45, 7) is 3.78. The number of carbonyl (C=O) groups excluding carboxylic acids is 1. The van der Waals surface area contributed by atoms with Crippen LogP contribution in [0.1, 0.15) is 52.4 Å². The zero-order chi connectivity index (χ0) is 12.4. The third-order valence-corrected chi connectivity index (χ3v) is 2.40. The van der Waals surface area contributed by atoms with Crippen LogP contribution in [0, 0.1) is 11.3 Å². The van der Waals surface area contributed by atoms with E-state index in [9.17, 15) is 9.18 Å². The average molecular weight is 229 g/mol. The highest BCUT2D eigenvalue weighted by atomic mass is 19.1. The number of nitrogens with zero attached hydrogens (tertiary/aromatic N) is 1. The van der Waals surface area contributed by atoms with Crippen molar-refractivity contribution in [3.05, 3.63) is 0 Å². The van der Waals surface area contributed by atoms with Crippen LogP contribution in [0.25, 0.3) is 0 Å². The first-order valence-corrected chi connectivity index (χ1v) is 5.88. The molecule has 0 rings (SSSR count). The summed E-state index contributed by atoms with van der Waals surface area (Å²) in [5, 5.41) is 8.66. The van der Waals surface area contributed by atoms with Gasteiger partial charge in [-0.3, -0.25) is 0 Å². The summed E-state index contributed by atoms with van der Waals surface area (Å²) in [5.74, 6) is -1.05. The van der Waals surface area contributed by atoms with E-state index in [1.54, 1.807) is 6.92 Å². The van der Waals surface area contributed by atoms with Crippen LogP contribution in [0.15, 0.2) is 0 Å². The number of hydrogen-bond donors (Lipinski definition) is 0. The Labute approximate surface area is 96.6 Å². The van der Waals surface area contributed by atoms with E-state index in [0.29, 0.717) is 6.42 Å². The van der Waals surface area contributed by atoms with E-state index >= 15 is 0 Å². The number of hydrogen-bond acceptors (Lipinski definition) is 3. The van der Waals surface area contributed by atoms with Crippen molar-refractivity contribution in [3.8, 4) is 6.07 Å². The van der Waals surface area contributed by atoms with E-state index < -0.39 is 11.6 Å². The highest BCUT2D eigenvalue weighted by molar-refractivity contribution is 5.82. The van der Waals surface area contributed by atoms with Crippen molar-refractivity contribution < 1.29 is 13.9 Å². The molecule has 0 radical (unpaired) electrons. The van der Waals surface area contributed by atoms with Crippen LogP contribution in [-0.4, -0.2) is 18.2 Å². The summed E-state index contributed by atoms with van der Waals surface area (Å²) < 4.78 is 18.3. The molecule has 0 saturated heterocycles. The van der Waals surface area contributed by atoms with Crippen LogP contribution in [0.2, 0.25) is 0 Å². The molecule has 0 N–H and O–H groups in total. The Bertz CT molecular complexity index is 250. The van der Waals surface area contributed by atoms with Gasteiger partial charge in [-0.2, -0.15) is 5.26 Å². The summed E-state index contributed by atoms with van der Waals surface area (Å²) >= 11 is 0. The Balaban J connectivity index is 3.98. The van der Waals surface area contributed by atoms with Gasteiger partial charge in [0.2, 0.25) is 0 Å². The van der Waals surface area contributed by atoms with E-state index in [4.69, 9.17) is 5.26 Å². The molecule has 0 aromatic rings. The SMILES string of the molecule is CCCCCCCC(F)(C#N)C(=O)OCC. The fraction of sp³-hybridized carbons (Fsp3) is 0.833. The predicted molar refractivity (Wildman–Crippen MR) is 59.5 cm³/mol. The van der Waals surface area contributed by atoms with E-state index in [2.05, 4.69) is 11.7 Å². The van der Waals surface area contributed by atoms with Gasteiger partial charge in [0.25, 0.3) is 5.67 Å². The first kappa shape index (κ1) is 14.9. The summed E-state index contributed by atoms with van der Waals surface area (Å²) in [6.07, 6.45) is 4.55. The molecule has 0 bridgehead atoms. The number of carbonyl (C=O) groups is 1. The van der Waals surface area contributed by atoms with Crippen molar-refractivity contribution in [2.45, 2.75) is 58.0 Å². The first-order valence-electron chi connectivity index (χ1n) is 5.88. The molecule has 92 valence electrons. The van der Waals surface area contributed by atoms with Gasteiger partial charge < -0.3 is 4.74 Å². The Morgan fingerprint density at radius 2 is 1.94 bits per heavy atom. The van der Waals surface area contributed by atoms with Crippen LogP contribution in [0.5, 0.6) is 0 Å². The second-order valence-electron chi connectivity index (χ2n) is 3.80. The maximum absolute atomic E-state index is 13.8. The second kappa shape index (κ2) is 8.09. The normalized spacial score (nSPS) is 13.9. The van der Waals surface area contributed by atoms with Crippen LogP contribution in [0.3, 0.4) is 0 Å². The Hall–Kier alpha value is -1.11. The zero-order valence-electron chi connectivity index (χ0n) is 10.1. The molecule has 0 aliphatic carbocycles. The molecule has 1 atom stereocenters. The number of halogens is 1. The van der Waals surface area contributed by atoms with Gasteiger partial charge in [0.05, 0.1) is 6.61 Å². The summed E-state index contributed by atoms with van der Waals surface area (Å²) in [6, 6.07) is 1.41. The smallest absolute Gasteiger partial charge is 0.358 e. The minimum absolute atomic E-state index is 0.0634. The van der Waals surface area contributed by atoms with E-state index in [1.807, 2.05) is 0 Å². The predicted octanol–water partition coefficient (Wildman–Crippen LogP) is 3.14. The molecule has 0 saturated carbocycles. The molecule has 0 aliphatic rings. The lowest BCUT2D eigenvalue weighted by atomic mass is 9.99. The fourth-order valence-electron chi connectivity index (χ4n) is 1.42. The fourth-order valence-corrected chi connectivity index (χ4v) is 1.42. The van der Waals surface area contributed by atoms with Crippen molar-refractivity contribution in [2.24, 2.45) is 0 Å². The van der Waals surface area contributed by atoms with Gasteiger partial charge in [-0.05, 0) is 13.3 Å². The van der Waals surface area contributed by atoms with Gasteiger partial charge in [0, 0.05) is 6.42 Å². The lowest BCUT2D eigenvalue weighted by Gasteiger charge is -2.15. The monoisotopic (exact) mass is 229 g/mol. The minimum atomic E-state index is -2.46. The number of alkyl halides is 1. The van der Waals surface area contributed by atoms with Crippen molar-refractivity contribution in [2.75, 3.05) is 6.61 Å².